The van der Waals surface area contributed by atoms with Crippen molar-refractivity contribution in [2.75, 3.05) is 45.1 Å². The van der Waals surface area contributed by atoms with E-state index in [2.05, 4.69) is 35.6 Å². The Morgan fingerprint density at radius 1 is 1.25 bits per heavy atom. The maximum Gasteiger partial charge on any atom is 0.227 e. The lowest BCUT2D eigenvalue weighted by atomic mass is 10.3. The van der Waals surface area contributed by atoms with Gasteiger partial charge in [-0.2, -0.15) is 0 Å². The van der Waals surface area contributed by atoms with Crippen molar-refractivity contribution in [3.8, 4) is 0 Å². The lowest BCUT2D eigenvalue weighted by Crippen LogP contribution is -2.52. The van der Waals surface area contributed by atoms with Gasteiger partial charge in [-0.1, -0.05) is 11.2 Å². The first-order chi connectivity index (χ1) is 13.6. The standard InChI is InChI=1S/C19H27N7O2/c1-15-3-4-17(22-13-15)23-18(27)5-7-21-19(20-2)26-10-8-25(9-11-26)14-16-6-12-28-24-16/h3-4,6,12-13H,5,7-11,14H2,1-2H3,(H,20,21)(H,22,23,27). The van der Waals surface area contributed by atoms with Crippen LogP contribution >= 0.6 is 0 Å². The molecule has 0 spiro atoms. The third-order valence-electron chi connectivity index (χ3n) is 4.57. The summed E-state index contributed by atoms with van der Waals surface area (Å²) in [7, 11) is 1.76. The van der Waals surface area contributed by atoms with Gasteiger partial charge in [0, 0.05) is 65.0 Å². The van der Waals surface area contributed by atoms with Gasteiger partial charge < -0.3 is 20.1 Å². The number of carbonyl (C=O) groups excluding carboxylic acids is 1. The van der Waals surface area contributed by atoms with Crippen LogP contribution in [-0.4, -0.2) is 71.6 Å². The molecule has 0 atom stereocenters. The maximum atomic E-state index is 12.1. The number of nitrogens with one attached hydrogen (secondary N) is 2. The Labute approximate surface area is 164 Å². The number of amides is 1. The smallest absolute Gasteiger partial charge is 0.227 e. The van der Waals surface area contributed by atoms with Crippen LogP contribution in [0.5, 0.6) is 0 Å². The molecule has 3 heterocycles. The first-order valence-corrected chi connectivity index (χ1v) is 9.44. The first-order valence-electron chi connectivity index (χ1n) is 9.44. The van der Waals surface area contributed by atoms with E-state index in [-0.39, 0.29) is 5.91 Å². The number of pyridine rings is 1. The van der Waals surface area contributed by atoms with Gasteiger partial charge in [0.15, 0.2) is 5.96 Å². The van der Waals surface area contributed by atoms with Gasteiger partial charge in [0.05, 0.1) is 5.69 Å². The third kappa shape index (κ3) is 5.78. The summed E-state index contributed by atoms with van der Waals surface area (Å²) in [6, 6.07) is 5.62. The molecule has 0 aliphatic carbocycles. The second-order valence-corrected chi connectivity index (χ2v) is 6.75. The maximum absolute atomic E-state index is 12.1. The van der Waals surface area contributed by atoms with Crippen molar-refractivity contribution in [1.29, 1.82) is 0 Å². The molecule has 2 N–H and O–H groups in total. The Kier molecular flexibility index (Phi) is 6.96. The van der Waals surface area contributed by atoms with Gasteiger partial charge in [-0.25, -0.2) is 4.98 Å². The first kappa shape index (κ1) is 19.8. The van der Waals surface area contributed by atoms with Crippen LogP contribution in [0.15, 0.2) is 40.2 Å². The summed E-state index contributed by atoms with van der Waals surface area (Å²) >= 11 is 0. The Bertz CT molecular complexity index is 766. The van der Waals surface area contributed by atoms with Crippen molar-refractivity contribution in [3.05, 3.63) is 41.9 Å². The molecule has 9 heteroatoms. The van der Waals surface area contributed by atoms with Crippen LogP contribution < -0.4 is 10.6 Å². The van der Waals surface area contributed by atoms with Gasteiger partial charge in [-0.3, -0.25) is 14.7 Å². The normalized spacial score (nSPS) is 15.5. The molecule has 0 radical (unpaired) electrons. The minimum atomic E-state index is -0.0725. The summed E-state index contributed by atoms with van der Waals surface area (Å²) in [5.74, 6) is 1.32. The number of aromatic nitrogens is 2. The molecule has 1 saturated heterocycles. The zero-order valence-electron chi connectivity index (χ0n) is 16.4. The number of guanidine groups is 1. The number of hydrogen-bond donors (Lipinski definition) is 2. The SMILES string of the molecule is CN=C(NCCC(=O)Nc1ccc(C)cn1)N1CCN(Cc2ccon2)CC1. The highest BCUT2D eigenvalue weighted by atomic mass is 16.5. The quantitative estimate of drug-likeness (QED) is 0.567. The van der Waals surface area contributed by atoms with Crippen molar-refractivity contribution < 1.29 is 9.32 Å². The minimum absolute atomic E-state index is 0.0725. The van der Waals surface area contributed by atoms with E-state index in [0.29, 0.717) is 18.8 Å². The highest BCUT2D eigenvalue weighted by Gasteiger charge is 2.20. The van der Waals surface area contributed by atoms with E-state index in [9.17, 15) is 4.79 Å². The van der Waals surface area contributed by atoms with Gasteiger partial charge in [0.2, 0.25) is 5.91 Å². The summed E-state index contributed by atoms with van der Waals surface area (Å²) in [5.41, 5.74) is 2.01. The number of aliphatic imine (C=N–C) groups is 1. The van der Waals surface area contributed by atoms with Crippen molar-refractivity contribution in [1.82, 2.24) is 25.3 Å². The molecule has 2 aromatic heterocycles. The molecule has 1 fully saturated rings. The summed E-state index contributed by atoms with van der Waals surface area (Å²) in [6.07, 6.45) is 3.68. The van der Waals surface area contributed by atoms with Gasteiger partial charge >= 0.3 is 0 Å². The zero-order chi connectivity index (χ0) is 19.8. The minimum Gasteiger partial charge on any atom is -0.364 e. The lowest BCUT2D eigenvalue weighted by molar-refractivity contribution is -0.116. The number of nitrogens with zero attached hydrogens (tertiary/aromatic N) is 5. The molecule has 28 heavy (non-hydrogen) atoms. The van der Waals surface area contributed by atoms with E-state index < -0.39 is 0 Å². The van der Waals surface area contributed by atoms with Gasteiger partial charge in [-0.15, -0.1) is 0 Å². The van der Waals surface area contributed by atoms with E-state index in [1.54, 1.807) is 25.6 Å². The molecule has 0 aromatic carbocycles. The average molecular weight is 385 g/mol. The van der Waals surface area contributed by atoms with E-state index >= 15 is 0 Å². The van der Waals surface area contributed by atoms with Crippen LogP contribution in [0.1, 0.15) is 17.7 Å². The Morgan fingerprint density at radius 3 is 2.71 bits per heavy atom. The number of hydrogen-bond acceptors (Lipinski definition) is 6. The largest absolute Gasteiger partial charge is 0.364 e. The molecule has 3 rings (SSSR count). The van der Waals surface area contributed by atoms with E-state index in [4.69, 9.17) is 4.52 Å². The number of rotatable bonds is 6. The summed E-state index contributed by atoms with van der Waals surface area (Å²) in [5, 5.41) is 10.0. The third-order valence-corrected chi connectivity index (χ3v) is 4.57. The molecule has 0 bridgehead atoms. The number of anilines is 1. The van der Waals surface area contributed by atoms with Crippen LogP contribution in [0.2, 0.25) is 0 Å². The van der Waals surface area contributed by atoms with Crippen molar-refractivity contribution in [2.24, 2.45) is 4.99 Å². The monoisotopic (exact) mass is 385 g/mol. The second-order valence-electron chi connectivity index (χ2n) is 6.75. The molecular weight excluding hydrogens is 358 g/mol. The van der Waals surface area contributed by atoms with Gasteiger partial charge in [0.25, 0.3) is 0 Å². The number of carbonyl (C=O) groups is 1. The molecule has 1 aliphatic rings. The highest BCUT2D eigenvalue weighted by Crippen LogP contribution is 2.07. The summed E-state index contributed by atoms with van der Waals surface area (Å²) < 4.78 is 4.89. The van der Waals surface area contributed by atoms with Gasteiger partial charge in [0.1, 0.15) is 12.1 Å². The van der Waals surface area contributed by atoms with E-state index in [1.807, 2.05) is 19.1 Å². The number of piperazine rings is 1. The van der Waals surface area contributed by atoms with E-state index in [1.165, 1.54) is 0 Å². The van der Waals surface area contributed by atoms with Crippen LogP contribution in [-0.2, 0) is 11.3 Å². The predicted octanol–water partition coefficient (Wildman–Crippen LogP) is 1.10. The average Bonchev–Trinajstić information content (AvgIpc) is 3.21. The van der Waals surface area contributed by atoms with Gasteiger partial charge in [-0.05, 0) is 18.6 Å². The highest BCUT2D eigenvalue weighted by molar-refractivity contribution is 5.90. The zero-order valence-corrected chi connectivity index (χ0v) is 16.4. The summed E-state index contributed by atoms with van der Waals surface area (Å²) in [4.78, 5) is 25.1. The molecule has 150 valence electrons. The summed E-state index contributed by atoms with van der Waals surface area (Å²) in [6.45, 7) is 6.86. The fourth-order valence-electron chi connectivity index (χ4n) is 3.03. The van der Waals surface area contributed by atoms with E-state index in [0.717, 1.165) is 49.9 Å². The lowest BCUT2D eigenvalue weighted by Gasteiger charge is -2.36. The van der Waals surface area contributed by atoms with Crippen molar-refractivity contribution in [3.63, 3.8) is 0 Å². The molecule has 2 aromatic rings. The molecular formula is C19H27N7O2. The Balaban J connectivity index is 1.37. The van der Waals surface area contributed by atoms with Crippen LogP contribution in [0.4, 0.5) is 5.82 Å². The number of aryl methyl sites for hydroxylation is 1. The van der Waals surface area contributed by atoms with Crippen molar-refractivity contribution in [2.45, 2.75) is 19.9 Å². The van der Waals surface area contributed by atoms with Crippen LogP contribution in [0, 0.1) is 6.92 Å². The topological polar surface area (TPSA) is 98.9 Å². The molecule has 9 nitrogen and oxygen atoms in total. The molecule has 0 unspecified atom stereocenters. The second kappa shape index (κ2) is 9.84. The predicted molar refractivity (Wildman–Crippen MR) is 107 cm³/mol. The Hall–Kier alpha value is -2.94. The fourth-order valence-corrected chi connectivity index (χ4v) is 3.03. The Morgan fingerprint density at radius 2 is 2.07 bits per heavy atom. The van der Waals surface area contributed by atoms with Crippen LogP contribution in [0.25, 0.3) is 0 Å². The molecule has 0 saturated carbocycles. The van der Waals surface area contributed by atoms with Crippen LogP contribution in [0.3, 0.4) is 0 Å². The van der Waals surface area contributed by atoms with Crippen molar-refractivity contribution >= 4 is 17.7 Å². The molecule has 1 aliphatic heterocycles. The molecule has 1 amide bonds. The fraction of sp³-hybridized carbons (Fsp3) is 0.474.